The Hall–Kier alpha value is -2.48. The summed E-state index contributed by atoms with van der Waals surface area (Å²) < 4.78 is 16.7. The first-order valence-electron chi connectivity index (χ1n) is 13.1. The van der Waals surface area contributed by atoms with Crippen LogP contribution in [0.4, 0.5) is 11.4 Å². The number of halogens is 2. The molecule has 1 saturated carbocycles. The summed E-state index contributed by atoms with van der Waals surface area (Å²) in [5.74, 6) is 1.32. The molecule has 37 heavy (non-hydrogen) atoms. The molecule has 2 heterocycles. The number of nitrogens with zero attached hydrogens (tertiary/aromatic N) is 3. The van der Waals surface area contributed by atoms with Gasteiger partial charge < -0.3 is 19.1 Å². The lowest BCUT2D eigenvalue weighted by Gasteiger charge is -2.36. The highest BCUT2D eigenvalue weighted by molar-refractivity contribution is 6.43. The first kappa shape index (κ1) is 26.1. The highest BCUT2D eigenvalue weighted by Gasteiger charge is 2.31. The third-order valence-corrected chi connectivity index (χ3v) is 7.84. The molecule has 0 N–H and O–H groups in total. The quantitative estimate of drug-likeness (QED) is 0.211. The van der Waals surface area contributed by atoms with Crippen LogP contribution in [0.2, 0.25) is 10.0 Å². The summed E-state index contributed by atoms with van der Waals surface area (Å²) in [5, 5.41) is 1.24. The number of aryl methyl sites for hydroxylation is 1. The fourth-order valence-corrected chi connectivity index (χ4v) is 5.07. The van der Waals surface area contributed by atoms with Crippen molar-refractivity contribution in [3.05, 3.63) is 52.0 Å². The highest BCUT2D eigenvalue weighted by atomic mass is 35.5. The van der Waals surface area contributed by atoms with Crippen LogP contribution in [0.3, 0.4) is 0 Å². The summed E-state index contributed by atoms with van der Waals surface area (Å²) in [4.78, 5) is 21.0. The molecule has 198 valence electrons. The second kappa shape index (κ2) is 12.4. The van der Waals surface area contributed by atoms with Gasteiger partial charge in [0.15, 0.2) is 5.90 Å². The van der Waals surface area contributed by atoms with E-state index in [0.717, 1.165) is 82.0 Å². The Morgan fingerprint density at radius 2 is 1.84 bits per heavy atom. The lowest BCUT2D eigenvalue weighted by atomic mass is 10.0. The van der Waals surface area contributed by atoms with E-state index in [1.807, 2.05) is 30.3 Å². The van der Waals surface area contributed by atoms with Gasteiger partial charge in [0.2, 0.25) is 6.79 Å². The normalized spacial score (nSPS) is 17.7. The Kier molecular flexibility index (Phi) is 8.74. The molecule has 3 aliphatic rings. The molecule has 2 aromatic rings. The molecule has 2 fully saturated rings. The molecule has 0 bridgehead atoms. The van der Waals surface area contributed by atoms with Crippen molar-refractivity contribution in [2.75, 3.05) is 51.0 Å². The van der Waals surface area contributed by atoms with Gasteiger partial charge in [-0.2, -0.15) is 0 Å². The Labute approximate surface area is 228 Å². The number of carbonyl (C=O) groups is 1. The molecule has 0 spiro atoms. The van der Waals surface area contributed by atoms with Crippen molar-refractivity contribution < 1.29 is 19.0 Å². The van der Waals surface area contributed by atoms with Crippen LogP contribution in [0.15, 0.2) is 41.4 Å². The second-order valence-corrected chi connectivity index (χ2v) is 10.5. The predicted octanol–water partition coefficient (Wildman–Crippen LogP) is 5.88. The molecule has 1 saturated heterocycles. The van der Waals surface area contributed by atoms with Gasteiger partial charge in [0, 0.05) is 38.7 Å². The Morgan fingerprint density at radius 3 is 2.65 bits per heavy atom. The molecular weight excluding hydrogens is 513 g/mol. The fraction of sp³-hybridized carbons (Fsp3) is 0.500. The van der Waals surface area contributed by atoms with Gasteiger partial charge in [-0.1, -0.05) is 35.3 Å². The fourth-order valence-electron chi connectivity index (χ4n) is 4.65. The maximum absolute atomic E-state index is 11.6. The van der Waals surface area contributed by atoms with Crippen molar-refractivity contribution in [3.63, 3.8) is 0 Å². The molecule has 0 aromatic heterocycles. The molecule has 0 atom stereocenters. The molecule has 0 amide bonds. The number of benzene rings is 2. The van der Waals surface area contributed by atoms with Crippen LogP contribution < -0.4 is 9.64 Å². The number of unbranched alkanes of at least 4 members (excludes halogenated alkanes) is 1. The number of carbonyl (C=O) groups excluding carboxylic acids is 1. The third kappa shape index (κ3) is 7.09. The summed E-state index contributed by atoms with van der Waals surface area (Å²) >= 11 is 12.6. The number of esters is 1. The number of rotatable bonds is 10. The van der Waals surface area contributed by atoms with Crippen molar-refractivity contribution >= 4 is 46.4 Å². The van der Waals surface area contributed by atoms with Crippen LogP contribution in [0.5, 0.6) is 5.75 Å². The maximum Gasteiger partial charge on any atom is 0.311 e. The van der Waals surface area contributed by atoms with E-state index in [2.05, 4.69) is 20.9 Å². The topological polar surface area (TPSA) is 63.6 Å². The van der Waals surface area contributed by atoms with Crippen molar-refractivity contribution in [1.82, 2.24) is 4.90 Å². The number of hydrogen-bond acceptors (Lipinski definition) is 7. The zero-order chi connectivity index (χ0) is 25.6. The van der Waals surface area contributed by atoms with Crippen LogP contribution in [0.25, 0.3) is 0 Å². The molecule has 9 heteroatoms. The summed E-state index contributed by atoms with van der Waals surface area (Å²) in [5.41, 5.74) is 3.06. The van der Waals surface area contributed by atoms with E-state index in [9.17, 15) is 4.79 Å². The third-order valence-electron chi connectivity index (χ3n) is 7.03. The van der Waals surface area contributed by atoms with Crippen molar-refractivity contribution in [2.45, 2.75) is 38.5 Å². The van der Waals surface area contributed by atoms with Gasteiger partial charge >= 0.3 is 5.97 Å². The van der Waals surface area contributed by atoms with Gasteiger partial charge in [0.25, 0.3) is 0 Å². The standard InChI is InChI=1S/C28H33Cl2N3O4/c29-23-4-3-5-25(27(23)30)33-15-13-32(14-16-33)12-1-2-17-35-22-10-8-20-9-11-26(31-24(20)18-22)36-19-37-28(34)21-6-7-21/h3-5,8,10,18,21H,1-2,6-7,9,11-17,19H2. The smallest absolute Gasteiger partial charge is 0.311 e. The van der Waals surface area contributed by atoms with Crippen LogP contribution in [-0.2, 0) is 20.7 Å². The number of aliphatic imine (C=N–C) groups is 1. The average Bonchev–Trinajstić information content (AvgIpc) is 3.76. The molecule has 0 radical (unpaired) electrons. The van der Waals surface area contributed by atoms with Crippen molar-refractivity contribution in [1.29, 1.82) is 0 Å². The first-order valence-corrected chi connectivity index (χ1v) is 13.9. The number of fused-ring (bicyclic) bond motifs is 1. The number of hydrogen-bond donors (Lipinski definition) is 0. The van der Waals surface area contributed by atoms with Crippen molar-refractivity contribution in [2.24, 2.45) is 10.9 Å². The summed E-state index contributed by atoms with van der Waals surface area (Å²) in [7, 11) is 0. The molecule has 5 rings (SSSR count). The largest absolute Gasteiger partial charge is 0.494 e. The van der Waals surface area contributed by atoms with E-state index in [1.54, 1.807) is 0 Å². The van der Waals surface area contributed by atoms with Crippen LogP contribution in [0, 0.1) is 5.92 Å². The molecule has 1 aliphatic carbocycles. The van der Waals surface area contributed by atoms with Crippen molar-refractivity contribution in [3.8, 4) is 5.75 Å². The molecule has 0 unspecified atom stereocenters. The van der Waals surface area contributed by atoms with Gasteiger partial charge in [0.1, 0.15) is 5.75 Å². The Bertz CT molecular complexity index is 1130. The number of ether oxygens (including phenoxy) is 3. The number of piperazine rings is 1. The summed E-state index contributed by atoms with van der Waals surface area (Å²) in [6.07, 6.45) is 5.47. The van der Waals surface area contributed by atoms with E-state index in [-0.39, 0.29) is 18.7 Å². The zero-order valence-corrected chi connectivity index (χ0v) is 22.5. The molecule has 7 nitrogen and oxygen atoms in total. The van der Waals surface area contributed by atoms with E-state index >= 15 is 0 Å². The van der Waals surface area contributed by atoms with Gasteiger partial charge in [-0.15, -0.1) is 0 Å². The van der Waals surface area contributed by atoms with Gasteiger partial charge in [0.05, 0.1) is 33.9 Å². The van der Waals surface area contributed by atoms with Gasteiger partial charge in [-0.25, -0.2) is 4.99 Å². The van der Waals surface area contributed by atoms with Gasteiger partial charge in [-0.05, 0) is 62.4 Å². The van der Waals surface area contributed by atoms with Crippen LogP contribution in [-0.4, -0.2) is 62.9 Å². The first-order chi connectivity index (χ1) is 18.1. The predicted molar refractivity (Wildman–Crippen MR) is 146 cm³/mol. The molecule has 2 aliphatic heterocycles. The number of anilines is 1. The minimum Gasteiger partial charge on any atom is -0.494 e. The van der Waals surface area contributed by atoms with Crippen LogP contribution in [0.1, 0.15) is 37.7 Å². The van der Waals surface area contributed by atoms with E-state index in [1.165, 1.54) is 5.56 Å². The van der Waals surface area contributed by atoms with E-state index in [4.69, 9.17) is 37.4 Å². The summed E-state index contributed by atoms with van der Waals surface area (Å²) in [6, 6.07) is 11.9. The highest BCUT2D eigenvalue weighted by Crippen LogP contribution is 2.33. The van der Waals surface area contributed by atoms with E-state index in [0.29, 0.717) is 29.0 Å². The SMILES string of the molecule is O=C(OCOC1=Nc2cc(OCCCCN3CCN(c4cccc(Cl)c4Cl)CC3)ccc2CC1)C1CC1. The minimum absolute atomic E-state index is 0.0664. The van der Waals surface area contributed by atoms with Gasteiger partial charge in [-0.3, -0.25) is 9.69 Å². The minimum atomic E-state index is -0.169. The zero-order valence-electron chi connectivity index (χ0n) is 21.0. The summed E-state index contributed by atoms with van der Waals surface area (Å²) in [6.45, 7) is 5.57. The van der Waals surface area contributed by atoms with E-state index < -0.39 is 0 Å². The second-order valence-electron chi connectivity index (χ2n) is 9.75. The maximum atomic E-state index is 11.6. The monoisotopic (exact) mass is 545 g/mol. The Balaban J connectivity index is 1.00. The lowest BCUT2D eigenvalue weighted by molar-refractivity contribution is -0.152. The Morgan fingerprint density at radius 1 is 1.00 bits per heavy atom. The molecular formula is C28H33Cl2N3O4. The van der Waals surface area contributed by atoms with Crippen LogP contribution >= 0.6 is 23.2 Å². The average molecular weight is 546 g/mol. The molecule has 2 aromatic carbocycles. The lowest BCUT2D eigenvalue weighted by Crippen LogP contribution is -2.46.